The Kier molecular flexibility index (Phi) is 6.45. The molecule has 0 saturated heterocycles. The van der Waals surface area contributed by atoms with E-state index in [2.05, 4.69) is 11.4 Å². The summed E-state index contributed by atoms with van der Waals surface area (Å²) in [5, 5.41) is 11.7. The number of hydrogen-bond acceptors (Lipinski definition) is 4. The van der Waals surface area contributed by atoms with Crippen molar-refractivity contribution >= 4 is 11.6 Å². The highest BCUT2D eigenvalue weighted by Gasteiger charge is 2.06. The lowest BCUT2D eigenvalue weighted by molar-refractivity contribution is -0.118. The van der Waals surface area contributed by atoms with E-state index in [0.717, 1.165) is 16.9 Å². The van der Waals surface area contributed by atoms with Crippen LogP contribution < -0.4 is 14.8 Å². The Morgan fingerprint density at radius 3 is 2.09 bits per heavy atom. The quantitative estimate of drug-likeness (QED) is 0.396. The average molecular weight is 420 g/mol. The van der Waals surface area contributed by atoms with Gasteiger partial charge in [-0.3, -0.25) is 4.79 Å². The molecule has 4 aromatic rings. The van der Waals surface area contributed by atoms with Crippen LogP contribution in [0, 0.1) is 11.3 Å². The van der Waals surface area contributed by atoms with Gasteiger partial charge in [-0.1, -0.05) is 48.5 Å². The molecule has 5 heteroatoms. The zero-order chi connectivity index (χ0) is 22.2. The molecule has 4 rings (SSSR count). The Morgan fingerprint density at radius 1 is 0.750 bits per heavy atom. The van der Waals surface area contributed by atoms with Crippen molar-refractivity contribution < 1.29 is 14.3 Å². The van der Waals surface area contributed by atoms with Crippen molar-refractivity contribution in [2.75, 3.05) is 11.9 Å². The number of nitriles is 1. The third kappa shape index (κ3) is 5.53. The first-order chi connectivity index (χ1) is 15.7. The molecule has 0 radical (unpaired) electrons. The Morgan fingerprint density at radius 2 is 1.41 bits per heavy atom. The monoisotopic (exact) mass is 420 g/mol. The fourth-order valence-corrected chi connectivity index (χ4v) is 3.09. The third-order valence-corrected chi connectivity index (χ3v) is 4.67. The number of ether oxygens (including phenoxy) is 2. The van der Waals surface area contributed by atoms with E-state index in [1.807, 2.05) is 78.9 Å². The largest absolute Gasteiger partial charge is 0.484 e. The molecule has 1 N–H and O–H groups in total. The molecule has 4 aromatic carbocycles. The molecule has 0 aliphatic rings. The highest BCUT2D eigenvalue weighted by atomic mass is 16.5. The Balaban J connectivity index is 1.31. The van der Waals surface area contributed by atoms with Gasteiger partial charge in [0.05, 0.1) is 11.6 Å². The molecule has 1 amide bonds. The minimum atomic E-state index is -0.266. The van der Waals surface area contributed by atoms with Gasteiger partial charge in [0.25, 0.3) is 5.91 Å². The standard InChI is InChI=1S/C27H20N2O3/c28-18-20-9-11-21(12-10-20)22-13-15-24(16-14-22)31-19-27(30)29-23-5-4-8-26(17-23)32-25-6-2-1-3-7-25/h1-17H,19H2,(H,29,30). The number of carbonyl (C=O) groups is 1. The van der Waals surface area contributed by atoms with E-state index in [1.54, 1.807) is 24.3 Å². The summed E-state index contributed by atoms with van der Waals surface area (Å²) >= 11 is 0. The number of anilines is 1. The lowest BCUT2D eigenvalue weighted by Crippen LogP contribution is -2.20. The predicted molar refractivity (Wildman–Crippen MR) is 124 cm³/mol. The number of hydrogen-bond donors (Lipinski definition) is 1. The first-order valence-electron chi connectivity index (χ1n) is 10.1. The average Bonchev–Trinajstić information content (AvgIpc) is 2.84. The summed E-state index contributed by atoms with van der Waals surface area (Å²) < 4.78 is 11.4. The van der Waals surface area contributed by atoms with Gasteiger partial charge in [-0.25, -0.2) is 0 Å². The van der Waals surface area contributed by atoms with Gasteiger partial charge >= 0.3 is 0 Å². The lowest BCUT2D eigenvalue weighted by atomic mass is 10.0. The van der Waals surface area contributed by atoms with Crippen LogP contribution in [0.3, 0.4) is 0 Å². The predicted octanol–water partition coefficient (Wildman–Crippen LogP) is 6.04. The SMILES string of the molecule is N#Cc1ccc(-c2ccc(OCC(=O)Nc3cccc(Oc4ccccc4)c3)cc2)cc1. The van der Waals surface area contributed by atoms with Crippen molar-refractivity contribution in [1.82, 2.24) is 0 Å². The molecule has 156 valence electrons. The molecule has 32 heavy (non-hydrogen) atoms. The number of rotatable bonds is 7. The van der Waals surface area contributed by atoms with Crippen LogP contribution in [-0.4, -0.2) is 12.5 Å². The number of nitrogens with one attached hydrogen (secondary N) is 1. The number of benzene rings is 4. The van der Waals surface area contributed by atoms with Gasteiger partial charge in [-0.05, 0) is 59.7 Å². The van der Waals surface area contributed by atoms with Gasteiger partial charge in [-0.2, -0.15) is 5.26 Å². The van der Waals surface area contributed by atoms with Gasteiger partial charge in [0, 0.05) is 11.8 Å². The van der Waals surface area contributed by atoms with Crippen LogP contribution in [0.1, 0.15) is 5.56 Å². The minimum absolute atomic E-state index is 0.111. The van der Waals surface area contributed by atoms with E-state index < -0.39 is 0 Å². The van der Waals surface area contributed by atoms with E-state index in [0.29, 0.717) is 22.7 Å². The molecule has 0 aromatic heterocycles. The number of nitrogens with zero attached hydrogens (tertiary/aromatic N) is 1. The second-order valence-electron chi connectivity index (χ2n) is 6.99. The molecular weight excluding hydrogens is 400 g/mol. The van der Waals surface area contributed by atoms with Crippen molar-refractivity contribution in [3.05, 3.63) is 109 Å². The summed E-state index contributed by atoms with van der Waals surface area (Å²) in [7, 11) is 0. The fraction of sp³-hybridized carbons (Fsp3) is 0.0370. The van der Waals surface area contributed by atoms with Crippen LogP contribution in [0.15, 0.2) is 103 Å². The molecule has 0 aliphatic carbocycles. The maximum absolute atomic E-state index is 12.3. The summed E-state index contributed by atoms with van der Waals surface area (Å²) in [6.07, 6.45) is 0. The second kappa shape index (κ2) is 9.96. The molecule has 0 fully saturated rings. The Hall–Kier alpha value is -4.56. The number of para-hydroxylation sites is 1. The van der Waals surface area contributed by atoms with Gasteiger partial charge < -0.3 is 14.8 Å². The first kappa shape index (κ1) is 20.7. The maximum Gasteiger partial charge on any atom is 0.262 e. The van der Waals surface area contributed by atoms with Crippen LogP contribution in [0.25, 0.3) is 11.1 Å². The molecular formula is C27H20N2O3. The molecule has 0 heterocycles. The normalized spacial score (nSPS) is 10.1. The van der Waals surface area contributed by atoms with Gasteiger partial charge in [0.15, 0.2) is 6.61 Å². The number of carbonyl (C=O) groups excluding carboxylic acids is 1. The van der Waals surface area contributed by atoms with Crippen molar-refractivity contribution in [3.8, 4) is 34.4 Å². The highest BCUT2D eigenvalue weighted by molar-refractivity contribution is 5.92. The third-order valence-electron chi connectivity index (χ3n) is 4.67. The maximum atomic E-state index is 12.3. The zero-order valence-corrected chi connectivity index (χ0v) is 17.2. The Bertz CT molecular complexity index is 1230. The van der Waals surface area contributed by atoms with E-state index >= 15 is 0 Å². The Labute approximate surface area is 186 Å². The van der Waals surface area contributed by atoms with Crippen LogP contribution in [-0.2, 0) is 4.79 Å². The van der Waals surface area contributed by atoms with Crippen LogP contribution >= 0.6 is 0 Å². The van der Waals surface area contributed by atoms with Crippen LogP contribution in [0.2, 0.25) is 0 Å². The number of amides is 1. The van der Waals surface area contributed by atoms with Gasteiger partial charge in [0.1, 0.15) is 17.2 Å². The van der Waals surface area contributed by atoms with Crippen LogP contribution in [0.4, 0.5) is 5.69 Å². The molecule has 0 atom stereocenters. The van der Waals surface area contributed by atoms with E-state index in [4.69, 9.17) is 14.7 Å². The molecule has 0 saturated carbocycles. The smallest absolute Gasteiger partial charge is 0.262 e. The van der Waals surface area contributed by atoms with Crippen molar-refractivity contribution in [1.29, 1.82) is 5.26 Å². The zero-order valence-electron chi connectivity index (χ0n) is 17.2. The second-order valence-corrected chi connectivity index (χ2v) is 6.99. The molecule has 0 aliphatic heterocycles. The van der Waals surface area contributed by atoms with Crippen molar-refractivity contribution in [2.45, 2.75) is 0 Å². The molecule has 0 bridgehead atoms. The van der Waals surface area contributed by atoms with Crippen molar-refractivity contribution in [3.63, 3.8) is 0 Å². The fourth-order valence-electron chi connectivity index (χ4n) is 3.09. The summed E-state index contributed by atoms with van der Waals surface area (Å²) in [5.74, 6) is 1.69. The summed E-state index contributed by atoms with van der Waals surface area (Å²) in [4.78, 5) is 12.3. The van der Waals surface area contributed by atoms with Gasteiger partial charge in [0.2, 0.25) is 0 Å². The lowest BCUT2D eigenvalue weighted by Gasteiger charge is -2.10. The topological polar surface area (TPSA) is 71.3 Å². The van der Waals surface area contributed by atoms with E-state index in [1.165, 1.54) is 0 Å². The van der Waals surface area contributed by atoms with Crippen LogP contribution in [0.5, 0.6) is 17.2 Å². The molecule has 0 spiro atoms. The molecule has 0 unspecified atom stereocenters. The first-order valence-corrected chi connectivity index (χ1v) is 10.1. The summed E-state index contributed by atoms with van der Waals surface area (Å²) in [6, 6.07) is 33.6. The highest BCUT2D eigenvalue weighted by Crippen LogP contribution is 2.25. The van der Waals surface area contributed by atoms with E-state index in [9.17, 15) is 4.79 Å². The van der Waals surface area contributed by atoms with Gasteiger partial charge in [-0.15, -0.1) is 0 Å². The molecule has 5 nitrogen and oxygen atoms in total. The van der Waals surface area contributed by atoms with E-state index in [-0.39, 0.29) is 12.5 Å². The minimum Gasteiger partial charge on any atom is -0.484 e. The van der Waals surface area contributed by atoms with Crippen molar-refractivity contribution in [2.24, 2.45) is 0 Å². The summed E-state index contributed by atoms with van der Waals surface area (Å²) in [6.45, 7) is -0.111. The summed E-state index contributed by atoms with van der Waals surface area (Å²) in [5.41, 5.74) is 3.26.